The molecule has 0 spiro atoms. The van der Waals surface area contributed by atoms with Crippen LogP contribution in [-0.2, 0) is 4.79 Å². The van der Waals surface area contributed by atoms with E-state index in [1.54, 1.807) is 60.7 Å². The topological polar surface area (TPSA) is 95.5 Å². The van der Waals surface area contributed by atoms with E-state index in [0.29, 0.717) is 32.2 Å². The van der Waals surface area contributed by atoms with E-state index in [2.05, 4.69) is 10.6 Å². The van der Waals surface area contributed by atoms with Crippen LogP contribution in [0.2, 0.25) is 10.0 Å². The maximum atomic E-state index is 13.4. The highest BCUT2D eigenvalue weighted by molar-refractivity contribution is 8.00. The zero-order chi connectivity index (χ0) is 28.9. The molecule has 0 aromatic heterocycles. The van der Waals surface area contributed by atoms with Crippen LogP contribution in [0.15, 0.2) is 114 Å². The second kappa shape index (κ2) is 12.5. The summed E-state index contributed by atoms with van der Waals surface area (Å²) in [5, 5.41) is 16.6. The fraction of sp³-hybridized carbons (Fsp3) is 0.0312. The number of aromatic carboxylic acids is 1. The second-order valence-corrected chi connectivity index (χ2v) is 11.0. The summed E-state index contributed by atoms with van der Waals surface area (Å²) in [6.45, 7) is 0. The molecule has 5 aromatic rings. The first-order valence-electron chi connectivity index (χ1n) is 12.4. The summed E-state index contributed by atoms with van der Waals surface area (Å²) >= 11 is 13.7. The van der Waals surface area contributed by atoms with Crippen molar-refractivity contribution in [3.8, 4) is 0 Å². The van der Waals surface area contributed by atoms with Crippen LogP contribution in [0.4, 0.5) is 11.4 Å². The predicted octanol–water partition coefficient (Wildman–Crippen LogP) is 8.57. The number of halogens is 2. The molecule has 1 unspecified atom stereocenters. The first-order chi connectivity index (χ1) is 19.8. The molecular formula is C32H22Cl2N2O4S. The molecule has 0 saturated heterocycles. The van der Waals surface area contributed by atoms with Crippen LogP contribution in [0.5, 0.6) is 0 Å². The molecule has 9 heteroatoms. The molecule has 0 saturated carbocycles. The number of hydrogen-bond donors (Lipinski definition) is 3. The smallest absolute Gasteiger partial charge is 0.336 e. The SMILES string of the molecule is O=C(O)c1cccc2cccc(C(=O)Nc3ccc(SC(C(=O)Nc4cc(Cl)ccc4Cl)c4ccccc4)cc3)c12. The Balaban J connectivity index is 1.36. The molecular weight excluding hydrogens is 579 g/mol. The van der Waals surface area contributed by atoms with E-state index in [1.165, 1.54) is 17.8 Å². The quantitative estimate of drug-likeness (QED) is 0.155. The normalized spacial score (nSPS) is 11.6. The van der Waals surface area contributed by atoms with Crippen LogP contribution in [0.25, 0.3) is 10.8 Å². The number of benzene rings is 5. The lowest BCUT2D eigenvalue weighted by molar-refractivity contribution is -0.115. The maximum absolute atomic E-state index is 13.4. The molecule has 1 atom stereocenters. The van der Waals surface area contributed by atoms with Gasteiger partial charge in [0.15, 0.2) is 0 Å². The van der Waals surface area contributed by atoms with Crippen molar-refractivity contribution in [1.29, 1.82) is 0 Å². The van der Waals surface area contributed by atoms with E-state index in [0.717, 1.165) is 10.5 Å². The highest BCUT2D eigenvalue weighted by Gasteiger charge is 2.23. The third-order valence-corrected chi connectivity index (χ3v) is 8.10. The Hall–Kier alpha value is -4.30. The zero-order valence-corrected chi connectivity index (χ0v) is 23.6. The van der Waals surface area contributed by atoms with E-state index < -0.39 is 17.1 Å². The molecule has 5 rings (SSSR count). The summed E-state index contributed by atoms with van der Waals surface area (Å²) in [6.07, 6.45) is 0. The minimum absolute atomic E-state index is 0.0595. The van der Waals surface area contributed by atoms with E-state index >= 15 is 0 Å². The van der Waals surface area contributed by atoms with E-state index in [1.807, 2.05) is 42.5 Å². The van der Waals surface area contributed by atoms with Crippen molar-refractivity contribution in [2.24, 2.45) is 0 Å². The van der Waals surface area contributed by atoms with Gasteiger partial charge >= 0.3 is 5.97 Å². The molecule has 3 N–H and O–H groups in total. The van der Waals surface area contributed by atoms with Gasteiger partial charge in [-0.05, 0) is 65.5 Å². The lowest BCUT2D eigenvalue weighted by Gasteiger charge is -2.18. The average molecular weight is 602 g/mol. The Morgan fingerprint density at radius 1 is 0.732 bits per heavy atom. The zero-order valence-electron chi connectivity index (χ0n) is 21.3. The summed E-state index contributed by atoms with van der Waals surface area (Å²) in [4.78, 5) is 39.2. The van der Waals surface area contributed by atoms with Gasteiger partial charge in [-0.2, -0.15) is 0 Å². The number of carboxylic acid groups (broad SMARTS) is 1. The Bertz CT molecular complexity index is 1760. The molecule has 0 aliphatic carbocycles. The fourth-order valence-electron chi connectivity index (χ4n) is 4.35. The summed E-state index contributed by atoms with van der Waals surface area (Å²) in [5.41, 5.74) is 2.07. The van der Waals surface area contributed by atoms with E-state index in [4.69, 9.17) is 23.2 Å². The Morgan fingerprint density at radius 3 is 2.10 bits per heavy atom. The Morgan fingerprint density at radius 2 is 1.41 bits per heavy atom. The largest absolute Gasteiger partial charge is 0.478 e. The van der Waals surface area contributed by atoms with Gasteiger partial charge < -0.3 is 15.7 Å². The van der Waals surface area contributed by atoms with E-state index in [9.17, 15) is 19.5 Å². The van der Waals surface area contributed by atoms with Crippen LogP contribution in [-0.4, -0.2) is 22.9 Å². The number of thioether (sulfide) groups is 1. The summed E-state index contributed by atoms with van der Waals surface area (Å²) in [6, 6.07) is 31.3. The molecule has 0 bridgehead atoms. The van der Waals surface area contributed by atoms with Gasteiger partial charge in [-0.15, -0.1) is 11.8 Å². The molecule has 0 aliphatic heterocycles. The van der Waals surface area contributed by atoms with Crippen molar-refractivity contribution in [2.45, 2.75) is 10.1 Å². The molecule has 0 aliphatic rings. The number of anilines is 2. The van der Waals surface area contributed by atoms with Gasteiger partial charge in [0.25, 0.3) is 5.91 Å². The number of fused-ring (bicyclic) bond motifs is 1. The average Bonchev–Trinajstić information content (AvgIpc) is 2.98. The first kappa shape index (κ1) is 28.2. The first-order valence-corrected chi connectivity index (χ1v) is 14.1. The van der Waals surface area contributed by atoms with Gasteiger partial charge in [-0.25, -0.2) is 4.79 Å². The summed E-state index contributed by atoms with van der Waals surface area (Å²) in [5.74, 6) is -1.80. The number of hydrogen-bond acceptors (Lipinski definition) is 4. The van der Waals surface area contributed by atoms with Crippen LogP contribution < -0.4 is 10.6 Å². The highest BCUT2D eigenvalue weighted by atomic mass is 35.5. The molecule has 204 valence electrons. The lowest BCUT2D eigenvalue weighted by Crippen LogP contribution is -2.19. The van der Waals surface area contributed by atoms with Crippen molar-refractivity contribution >= 4 is 74.9 Å². The van der Waals surface area contributed by atoms with E-state index in [-0.39, 0.29) is 17.0 Å². The number of amides is 2. The fourth-order valence-corrected chi connectivity index (χ4v) is 5.71. The number of rotatable bonds is 8. The molecule has 6 nitrogen and oxygen atoms in total. The van der Waals surface area contributed by atoms with Gasteiger partial charge in [-0.1, -0.05) is 77.8 Å². The Labute approximate surface area is 250 Å². The number of carboxylic acids is 1. The number of nitrogens with one attached hydrogen (secondary N) is 2. The van der Waals surface area contributed by atoms with Crippen LogP contribution >= 0.6 is 35.0 Å². The molecule has 41 heavy (non-hydrogen) atoms. The molecule has 5 aromatic carbocycles. The van der Waals surface area contributed by atoms with Crippen molar-refractivity contribution in [3.63, 3.8) is 0 Å². The van der Waals surface area contributed by atoms with Gasteiger partial charge in [0.05, 0.1) is 16.3 Å². The molecule has 0 fully saturated rings. The molecule has 2 amide bonds. The van der Waals surface area contributed by atoms with Gasteiger partial charge in [0.1, 0.15) is 5.25 Å². The van der Waals surface area contributed by atoms with Crippen molar-refractivity contribution < 1.29 is 19.5 Å². The minimum atomic E-state index is -1.10. The summed E-state index contributed by atoms with van der Waals surface area (Å²) < 4.78 is 0. The van der Waals surface area contributed by atoms with Gasteiger partial charge in [-0.3, -0.25) is 9.59 Å². The predicted molar refractivity (Wildman–Crippen MR) is 165 cm³/mol. The number of carbonyl (C=O) groups is 3. The Kier molecular flexibility index (Phi) is 8.59. The number of carbonyl (C=O) groups excluding carboxylic acids is 2. The minimum Gasteiger partial charge on any atom is -0.478 e. The third-order valence-electron chi connectivity index (χ3n) is 6.27. The summed E-state index contributed by atoms with van der Waals surface area (Å²) in [7, 11) is 0. The van der Waals surface area contributed by atoms with Crippen molar-refractivity contribution in [3.05, 3.63) is 136 Å². The standard InChI is InChI=1S/C32H22Cl2N2O4S/c33-21-12-17-26(34)27(18-21)36-31(38)29(20-6-2-1-3-7-20)41-23-15-13-22(14-16-23)35-30(37)24-10-4-8-19-9-5-11-25(28(19)24)32(39)40/h1-18,29H,(H,35,37)(H,36,38)(H,39,40). The van der Waals surface area contributed by atoms with Gasteiger partial charge in [0, 0.05) is 26.6 Å². The third kappa shape index (κ3) is 6.55. The monoisotopic (exact) mass is 600 g/mol. The van der Waals surface area contributed by atoms with Crippen molar-refractivity contribution in [1.82, 2.24) is 0 Å². The van der Waals surface area contributed by atoms with Crippen LogP contribution in [0.3, 0.4) is 0 Å². The lowest BCUT2D eigenvalue weighted by atomic mass is 9.98. The maximum Gasteiger partial charge on any atom is 0.336 e. The van der Waals surface area contributed by atoms with Crippen LogP contribution in [0.1, 0.15) is 31.5 Å². The molecule has 0 radical (unpaired) electrons. The van der Waals surface area contributed by atoms with Crippen LogP contribution in [0, 0.1) is 0 Å². The second-order valence-electron chi connectivity index (χ2n) is 9.01. The van der Waals surface area contributed by atoms with Crippen molar-refractivity contribution in [2.75, 3.05) is 10.6 Å². The van der Waals surface area contributed by atoms with Gasteiger partial charge in [0.2, 0.25) is 5.91 Å². The molecule has 0 heterocycles. The highest BCUT2D eigenvalue weighted by Crippen LogP contribution is 2.38.